The molecule has 0 bridgehead atoms. The second-order valence-corrected chi connectivity index (χ2v) is 14.7. The highest BCUT2D eigenvalue weighted by atomic mass is 32.2. The molecule has 2 N–H and O–H groups in total. The van der Waals surface area contributed by atoms with E-state index in [1.165, 1.54) is 17.8 Å². The first-order valence-corrected chi connectivity index (χ1v) is 19.1. The number of halogens is 4. The number of amides is 2. The molecule has 0 radical (unpaired) electrons. The molecule has 294 valence electrons. The van der Waals surface area contributed by atoms with Crippen LogP contribution in [0.15, 0.2) is 94.7 Å². The van der Waals surface area contributed by atoms with Crippen LogP contribution in [0.1, 0.15) is 44.7 Å². The molecule has 2 aliphatic rings. The van der Waals surface area contributed by atoms with Crippen molar-refractivity contribution in [3.05, 3.63) is 145 Å². The topological polar surface area (TPSA) is 154 Å². The summed E-state index contributed by atoms with van der Waals surface area (Å²) >= 11 is 1.35. The van der Waals surface area contributed by atoms with E-state index in [-0.39, 0.29) is 28.5 Å². The number of nitro benzene ring substituents is 1. The van der Waals surface area contributed by atoms with E-state index in [4.69, 9.17) is 0 Å². The number of hydrogen-bond acceptors (Lipinski definition) is 9. The van der Waals surface area contributed by atoms with Crippen molar-refractivity contribution in [1.29, 1.82) is 0 Å². The van der Waals surface area contributed by atoms with Gasteiger partial charge in [-0.05, 0) is 60.8 Å². The van der Waals surface area contributed by atoms with E-state index in [1.54, 1.807) is 29.2 Å². The molecule has 17 heteroatoms. The van der Waals surface area contributed by atoms with Crippen molar-refractivity contribution < 1.29 is 32.1 Å². The number of aliphatic imine (C=N–C) groups is 1. The number of piperazine rings is 1. The van der Waals surface area contributed by atoms with Crippen molar-refractivity contribution in [3.63, 3.8) is 0 Å². The fraction of sp³-hybridized carbons (Fsp3) is 0.275. The van der Waals surface area contributed by atoms with Gasteiger partial charge in [0.1, 0.15) is 17.4 Å². The molecular formula is C40H35F4N7O5S. The van der Waals surface area contributed by atoms with Crippen LogP contribution in [-0.4, -0.2) is 86.3 Å². The van der Waals surface area contributed by atoms with Gasteiger partial charge in [-0.1, -0.05) is 48.5 Å². The maximum atomic E-state index is 14.9. The fourth-order valence-electron chi connectivity index (χ4n) is 6.90. The zero-order chi connectivity index (χ0) is 40.3. The first-order chi connectivity index (χ1) is 27.3. The number of alkyl halides is 3. The fourth-order valence-corrected chi connectivity index (χ4v) is 7.95. The summed E-state index contributed by atoms with van der Waals surface area (Å²) in [5.74, 6) is -1.29. The highest BCUT2D eigenvalue weighted by molar-refractivity contribution is 8.14. The molecule has 1 saturated heterocycles. The standard InChI is InChI=1S/C40H35F4N7O5S/c41-32-13-9-25(21-33-28-5-1-2-6-29(28)36(52)48-47-33)20-30(32)39(54)50-18-16-49(17-19-50)15-3-4-24-7-10-26(11-8-24)38-46-34(23-57-38)37(53)45-27-12-14-35(51(55)56)31(22-27)40(42,43)44/h1-2,5-14,20,22,34H,3-4,15-19,21,23H2,(H,45,53)(H,48,52). The molecule has 12 nitrogen and oxygen atoms in total. The summed E-state index contributed by atoms with van der Waals surface area (Å²) in [7, 11) is 0. The molecule has 7 rings (SSSR count). The van der Waals surface area contributed by atoms with Crippen LogP contribution >= 0.6 is 11.8 Å². The number of carbonyl (C=O) groups excluding carboxylic acids is 2. The quantitative estimate of drug-likeness (QED) is 0.0876. The van der Waals surface area contributed by atoms with Gasteiger partial charge >= 0.3 is 6.18 Å². The number of H-pyrrole nitrogens is 1. The Hall–Kier alpha value is -5.94. The van der Waals surface area contributed by atoms with Crippen LogP contribution in [-0.2, 0) is 23.8 Å². The van der Waals surface area contributed by atoms with Gasteiger partial charge in [0.2, 0.25) is 5.91 Å². The van der Waals surface area contributed by atoms with Gasteiger partial charge < -0.3 is 10.2 Å². The van der Waals surface area contributed by atoms with Crippen LogP contribution in [0.5, 0.6) is 0 Å². The van der Waals surface area contributed by atoms with Gasteiger partial charge in [-0.15, -0.1) is 11.8 Å². The van der Waals surface area contributed by atoms with Crippen LogP contribution in [0.4, 0.5) is 28.9 Å². The van der Waals surface area contributed by atoms with Gasteiger partial charge in [-0.2, -0.15) is 18.3 Å². The lowest BCUT2D eigenvalue weighted by molar-refractivity contribution is -0.388. The number of hydrogen-bond donors (Lipinski definition) is 2. The summed E-state index contributed by atoms with van der Waals surface area (Å²) in [6.45, 7) is 3.04. The average Bonchev–Trinajstić information content (AvgIpc) is 3.71. The summed E-state index contributed by atoms with van der Waals surface area (Å²) < 4.78 is 55.0. The Bertz CT molecular complexity index is 2430. The number of benzene rings is 4. The Kier molecular flexibility index (Phi) is 11.5. The zero-order valence-corrected chi connectivity index (χ0v) is 31.0. The van der Waals surface area contributed by atoms with E-state index in [0.717, 1.165) is 36.6 Å². The molecule has 0 saturated carbocycles. The van der Waals surface area contributed by atoms with Crippen molar-refractivity contribution in [1.82, 2.24) is 20.0 Å². The van der Waals surface area contributed by atoms with Crippen LogP contribution in [0.25, 0.3) is 10.8 Å². The number of aromatic amines is 1. The second kappa shape index (κ2) is 16.7. The van der Waals surface area contributed by atoms with Crippen molar-refractivity contribution in [2.45, 2.75) is 31.5 Å². The number of carbonyl (C=O) groups is 2. The van der Waals surface area contributed by atoms with Crippen LogP contribution < -0.4 is 10.9 Å². The number of aromatic nitrogens is 2. The first-order valence-electron chi connectivity index (χ1n) is 18.1. The highest BCUT2D eigenvalue weighted by Crippen LogP contribution is 2.38. The lowest BCUT2D eigenvalue weighted by Crippen LogP contribution is -2.49. The van der Waals surface area contributed by atoms with Gasteiger partial charge in [-0.25, -0.2) is 9.49 Å². The Labute approximate surface area is 327 Å². The molecule has 0 spiro atoms. The molecule has 2 aliphatic heterocycles. The van der Waals surface area contributed by atoms with Gasteiger partial charge in [-0.3, -0.25) is 34.4 Å². The zero-order valence-electron chi connectivity index (χ0n) is 30.2. The molecule has 1 aromatic heterocycles. The van der Waals surface area contributed by atoms with Gasteiger partial charge in [0.15, 0.2) is 0 Å². The smallest absolute Gasteiger partial charge is 0.336 e. The third kappa shape index (κ3) is 9.05. The van der Waals surface area contributed by atoms with E-state index >= 15 is 0 Å². The monoisotopic (exact) mass is 801 g/mol. The number of thioether (sulfide) groups is 1. The summed E-state index contributed by atoms with van der Waals surface area (Å²) in [5.41, 5.74) is 0.185. The third-order valence-corrected chi connectivity index (χ3v) is 11.0. The van der Waals surface area contributed by atoms with E-state index in [1.807, 2.05) is 36.4 Å². The minimum atomic E-state index is -4.97. The molecule has 4 aromatic carbocycles. The predicted octanol–water partition coefficient (Wildman–Crippen LogP) is 6.47. The number of nitrogens with zero attached hydrogens (tertiary/aromatic N) is 5. The Morgan fingerprint density at radius 3 is 2.39 bits per heavy atom. The number of nitro groups is 1. The van der Waals surface area contributed by atoms with Gasteiger partial charge in [0.25, 0.3) is 17.2 Å². The third-order valence-electron chi connectivity index (χ3n) is 9.93. The normalized spacial score (nSPS) is 16.1. The molecule has 1 unspecified atom stereocenters. The molecule has 1 atom stereocenters. The first kappa shape index (κ1) is 39.3. The van der Waals surface area contributed by atoms with Crippen LogP contribution in [0.3, 0.4) is 0 Å². The Balaban J connectivity index is 0.875. The molecule has 2 amide bonds. The van der Waals surface area contributed by atoms with Crippen molar-refractivity contribution >= 4 is 50.8 Å². The van der Waals surface area contributed by atoms with Crippen molar-refractivity contribution in [3.8, 4) is 0 Å². The number of aryl methyl sites for hydroxylation is 1. The molecular weight excluding hydrogens is 767 g/mol. The van der Waals surface area contributed by atoms with E-state index < -0.39 is 40.1 Å². The lowest BCUT2D eigenvalue weighted by atomic mass is 10.0. The maximum Gasteiger partial charge on any atom is 0.423 e. The van der Waals surface area contributed by atoms with Crippen molar-refractivity contribution in [2.24, 2.45) is 4.99 Å². The summed E-state index contributed by atoms with van der Waals surface area (Å²) in [6, 6.07) is 20.8. The summed E-state index contributed by atoms with van der Waals surface area (Å²) in [5, 5.41) is 22.0. The van der Waals surface area contributed by atoms with Crippen LogP contribution in [0.2, 0.25) is 0 Å². The number of fused-ring (bicyclic) bond motifs is 1. The second-order valence-electron chi connectivity index (χ2n) is 13.7. The number of nitrogens with one attached hydrogen (secondary N) is 2. The maximum absolute atomic E-state index is 14.9. The summed E-state index contributed by atoms with van der Waals surface area (Å²) in [4.78, 5) is 56.8. The largest absolute Gasteiger partial charge is 0.423 e. The van der Waals surface area contributed by atoms with Gasteiger partial charge in [0, 0.05) is 61.1 Å². The highest BCUT2D eigenvalue weighted by Gasteiger charge is 2.39. The lowest BCUT2D eigenvalue weighted by Gasteiger charge is -2.35. The van der Waals surface area contributed by atoms with Gasteiger partial charge in [0.05, 0.1) is 26.6 Å². The molecule has 5 aromatic rings. The van der Waals surface area contributed by atoms with E-state index in [2.05, 4.69) is 25.4 Å². The molecule has 57 heavy (non-hydrogen) atoms. The Morgan fingerprint density at radius 2 is 1.67 bits per heavy atom. The summed E-state index contributed by atoms with van der Waals surface area (Å²) in [6.07, 6.45) is -2.98. The van der Waals surface area contributed by atoms with E-state index in [0.29, 0.717) is 71.8 Å². The molecule has 3 heterocycles. The molecule has 1 fully saturated rings. The van der Waals surface area contributed by atoms with E-state index in [9.17, 15) is 42.1 Å². The number of anilines is 1. The number of rotatable bonds is 11. The molecule has 0 aliphatic carbocycles. The minimum absolute atomic E-state index is 0.00378. The van der Waals surface area contributed by atoms with Crippen molar-refractivity contribution in [2.75, 3.05) is 43.8 Å². The SMILES string of the molecule is O=C(Nc1ccc([N+](=O)[O-])c(C(F)(F)F)c1)C1CSC(c2ccc(CCCN3CCN(C(=O)c4cc(Cc5n[nH]c(=O)c6ccccc56)ccc4F)CC3)cc2)=N1. The average molecular weight is 802 g/mol. The minimum Gasteiger partial charge on any atom is -0.336 e. The Morgan fingerprint density at radius 1 is 0.947 bits per heavy atom. The van der Waals surface area contributed by atoms with Crippen LogP contribution in [0, 0.1) is 15.9 Å². The predicted molar refractivity (Wildman–Crippen MR) is 208 cm³/mol.